The van der Waals surface area contributed by atoms with Crippen molar-refractivity contribution in [1.29, 1.82) is 0 Å². The Kier molecular flexibility index (Phi) is 19.5. The Morgan fingerprint density at radius 1 is 0.800 bits per heavy atom. The van der Waals surface area contributed by atoms with Crippen LogP contribution in [0, 0.1) is 0 Å². The maximum atomic E-state index is 12.0. The summed E-state index contributed by atoms with van der Waals surface area (Å²) in [4.78, 5) is 35.0. The van der Waals surface area contributed by atoms with Gasteiger partial charge in [-0.15, -0.1) is 0 Å². The van der Waals surface area contributed by atoms with Gasteiger partial charge in [-0.05, 0) is 12.8 Å². The molecular formula is C23H44N2O5. The van der Waals surface area contributed by atoms with Crippen molar-refractivity contribution >= 4 is 17.8 Å². The molecule has 0 heterocycles. The summed E-state index contributed by atoms with van der Waals surface area (Å²) < 4.78 is 4.84. The lowest BCUT2D eigenvalue weighted by Gasteiger charge is -2.14. The molecule has 0 aliphatic carbocycles. The number of hydrogen-bond acceptors (Lipinski definition) is 4. The van der Waals surface area contributed by atoms with Crippen molar-refractivity contribution in [3.8, 4) is 0 Å². The van der Waals surface area contributed by atoms with Crippen molar-refractivity contribution in [1.82, 2.24) is 10.6 Å². The fourth-order valence-electron chi connectivity index (χ4n) is 3.31. The highest BCUT2D eigenvalue weighted by Crippen LogP contribution is 2.12. The van der Waals surface area contributed by atoms with Crippen molar-refractivity contribution in [2.75, 3.05) is 20.3 Å². The molecule has 0 bridgehead atoms. The fraction of sp³-hybridized carbons (Fsp3) is 0.870. The third-order valence-corrected chi connectivity index (χ3v) is 5.18. The van der Waals surface area contributed by atoms with Crippen molar-refractivity contribution in [2.45, 2.75) is 109 Å². The van der Waals surface area contributed by atoms with Crippen molar-refractivity contribution < 1.29 is 24.2 Å². The summed E-state index contributed by atoms with van der Waals surface area (Å²) in [7, 11) is 1.54. The van der Waals surface area contributed by atoms with Crippen molar-refractivity contribution in [2.24, 2.45) is 0 Å². The zero-order valence-corrected chi connectivity index (χ0v) is 19.2. The average Bonchev–Trinajstić information content (AvgIpc) is 2.71. The zero-order chi connectivity index (χ0) is 22.5. The molecule has 0 fully saturated rings. The first kappa shape index (κ1) is 28.4. The van der Waals surface area contributed by atoms with Gasteiger partial charge in [0.1, 0.15) is 6.04 Å². The molecule has 30 heavy (non-hydrogen) atoms. The van der Waals surface area contributed by atoms with Crippen LogP contribution in [0.3, 0.4) is 0 Å². The number of carbonyl (C=O) groups excluding carboxylic acids is 2. The summed E-state index contributed by atoms with van der Waals surface area (Å²) in [6.45, 7) is 3.03. The van der Waals surface area contributed by atoms with E-state index in [0.29, 0.717) is 19.6 Å². The van der Waals surface area contributed by atoms with E-state index in [1.165, 1.54) is 57.8 Å². The number of hydrogen-bond donors (Lipinski definition) is 3. The van der Waals surface area contributed by atoms with Gasteiger partial charge >= 0.3 is 5.97 Å². The molecule has 0 aromatic rings. The molecule has 0 radical (unpaired) electrons. The van der Waals surface area contributed by atoms with Gasteiger partial charge in [0.05, 0.1) is 6.61 Å². The summed E-state index contributed by atoms with van der Waals surface area (Å²) in [6.07, 6.45) is 15.1. The molecule has 176 valence electrons. The smallest absolute Gasteiger partial charge is 0.326 e. The average molecular weight is 429 g/mol. The van der Waals surface area contributed by atoms with E-state index >= 15 is 0 Å². The number of rotatable bonds is 21. The van der Waals surface area contributed by atoms with E-state index in [1.807, 2.05) is 0 Å². The van der Waals surface area contributed by atoms with Gasteiger partial charge in [-0.1, -0.05) is 77.6 Å². The Labute approximate surface area is 182 Å². The number of carbonyl (C=O) groups is 3. The third-order valence-electron chi connectivity index (χ3n) is 5.18. The predicted molar refractivity (Wildman–Crippen MR) is 119 cm³/mol. The van der Waals surface area contributed by atoms with Crippen LogP contribution in [0.15, 0.2) is 0 Å². The minimum absolute atomic E-state index is 0.0551. The molecule has 0 aromatic carbocycles. The lowest BCUT2D eigenvalue weighted by Crippen LogP contribution is -2.41. The lowest BCUT2D eigenvalue weighted by atomic mass is 10.0. The number of amides is 2. The largest absolute Gasteiger partial charge is 0.480 e. The number of aliphatic carboxylic acids is 1. The Bertz CT molecular complexity index is 457. The van der Waals surface area contributed by atoms with E-state index in [0.717, 1.165) is 19.3 Å². The lowest BCUT2D eigenvalue weighted by molar-refractivity contribution is -0.142. The molecule has 0 aliphatic rings. The standard InChI is InChI=1S/C23H44N2O5/c1-3-4-5-6-7-8-9-10-11-12-13-14-15-22(27)25-20(23(28)29)16-17-21(26)24-18-19-30-2/h20H,3-19H2,1-2H3,(H,24,26)(H,25,27)(H,28,29)/t20-/m0/s1. The molecule has 0 spiro atoms. The molecule has 0 unspecified atom stereocenters. The van der Waals surface area contributed by atoms with E-state index < -0.39 is 12.0 Å². The van der Waals surface area contributed by atoms with E-state index in [4.69, 9.17) is 4.74 Å². The van der Waals surface area contributed by atoms with E-state index in [-0.39, 0.29) is 24.7 Å². The first-order chi connectivity index (χ1) is 14.5. The monoisotopic (exact) mass is 428 g/mol. The fourth-order valence-corrected chi connectivity index (χ4v) is 3.31. The van der Waals surface area contributed by atoms with Gasteiger partial charge in [-0.25, -0.2) is 4.79 Å². The molecule has 0 saturated carbocycles. The Morgan fingerprint density at radius 2 is 1.33 bits per heavy atom. The summed E-state index contributed by atoms with van der Waals surface area (Å²) in [5, 5.41) is 14.4. The van der Waals surface area contributed by atoms with Crippen LogP contribution in [-0.4, -0.2) is 49.2 Å². The van der Waals surface area contributed by atoms with Gasteiger partial charge in [-0.2, -0.15) is 0 Å². The highest BCUT2D eigenvalue weighted by Gasteiger charge is 2.20. The SMILES string of the molecule is CCCCCCCCCCCCCCC(=O)N[C@@H](CCC(=O)NCCOC)C(=O)O. The molecule has 2 amide bonds. The van der Waals surface area contributed by atoms with Crippen molar-refractivity contribution in [3.63, 3.8) is 0 Å². The number of carboxylic acids is 1. The molecule has 1 atom stereocenters. The van der Waals surface area contributed by atoms with E-state index in [1.54, 1.807) is 7.11 Å². The highest BCUT2D eigenvalue weighted by molar-refractivity contribution is 5.84. The van der Waals surface area contributed by atoms with Gasteiger partial charge in [0.25, 0.3) is 0 Å². The van der Waals surface area contributed by atoms with Gasteiger partial charge in [0.2, 0.25) is 11.8 Å². The van der Waals surface area contributed by atoms with Crippen molar-refractivity contribution in [3.05, 3.63) is 0 Å². The number of methoxy groups -OCH3 is 1. The van der Waals surface area contributed by atoms with Crippen LogP contribution in [0.25, 0.3) is 0 Å². The number of nitrogens with one attached hydrogen (secondary N) is 2. The molecule has 0 rings (SSSR count). The summed E-state index contributed by atoms with van der Waals surface area (Å²) >= 11 is 0. The minimum atomic E-state index is -1.11. The van der Waals surface area contributed by atoms with Crippen LogP contribution in [-0.2, 0) is 19.1 Å². The second-order valence-electron chi connectivity index (χ2n) is 7.98. The second-order valence-corrected chi connectivity index (χ2v) is 7.98. The van der Waals surface area contributed by atoms with Crippen LogP contribution in [0.5, 0.6) is 0 Å². The number of carboxylic acid groups (broad SMARTS) is 1. The van der Waals surface area contributed by atoms with E-state index in [2.05, 4.69) is 17.6 Å². The topological polar surface area (TPSA) is 105 Å². The summed E-state index contributed by atoms with van der Waals surface area (Å²) in [5.41, 5.74) is 0. The Morgan fingerprint density at radius 3 is 1.83 bits per heavy atom. The Balaban J connectivity index is 3.71. The first-order valence-electron chi connectivity index (χ1n) is 11.8. The number of unbranched alkanes of at least 4 members (excludes halogenated alkanes) is 11. The van der Waals surface area contributed by atoms with Gasteiger partial charge in [-0.3, -0.25) is 9.59 Å². The predicted octanol–water partition coefficient (Wildman–Crippen LogP) is 4.19. The molecule has 0 saturated heterocycles. The van der Waals surface area contributed by atoms with Gasteiger partial charge in [0.15, 0.2) is 0 Å². The first-order valence-corrected chi connectivity index (χ1v) is 11.8. The van der Waals surface area contributed by atoms with E-state index in [9.17, 15) is 19.5 Å². The number of ether oxygens (including phenoxy) is 1. The van der Waals surface area contributed by atoms with Gasteiger partial charge < -0.3 is 20.5 Å². The maximum Gasteiger partial charge on any atom is 0.326 e. The van der Waals surface area contributed by atoms with Crippen LogP contribution >= 0.6 is 0 Å². The van der Waals surface area contributed by atoms with Crippen LogP contribution in [0.2, 0.25) is 0 Å². The van der Waals surface area contributed by atoms with Gasteiger partial charge in [0, 0.05) is 26.5 Å². The molecule has 0 aromatic heterocycles. The minimum Gasteiger partial charge on any atom is -0.480 e. The molecule has 0 aliphatic heterocycles. The Hall–Kier alpha value is -1.63. The van der Waals surface area contributed by atoms with Crippen LogP contribution in [0.4, 0.5) is 0 Å². The third kappa shape index (κ3) is 18.4. The quantitative estimate of drug-likeness (QED) is 0.238. The summed E-state index contributed by atoms with van der Waals surface area (Å²) in [5.74, 6) is -1.61. The zero-order valence-electron chi connectivity index (χ0n) is 19.2. The maximum absolute atomic E-state index is 12.0. The molecular weight excluding hydrogens is 384 g/mol. The molecule has 7 nitrogen and oxygen atoms in total. The summed E-state index contributed by atoms with van der Waals surface area (Å²) in [6, 6.07) is -1.02. The highest BCUT2D eigenvalue weighted by atomic mass is 16.5. The molecule has 7 heteroatoms. The normalized spacial score (nSPS) is 11.8. The molecule has 3 N–H and O–H groups in total. The van der Waals surface area contributed by atoms with Crippen LogP contribution in [0.1, 0.15) is 103 Å². The van der Waals surface area contributed by atoms with Crippen LogP contribution < -0.4 is 10.6 Å². The second kappa shape index (κ2) is 20.6.